The molecule has 3 unspecified atom stereocenters. The third kappa shape index (κ3) is 5.34. The number of aryl methyl sites for hydroxylation is 1. The zero-order chi connectivity index (χ0) is 17.5. The van der Waals surface area contributed by atoms with Gasteiger partial charge in [0.1, 0.15) is 6.61 Å². The minimum absolute atomic E-state index is 0.0169. The number of aliphatic carboxylic acids is 1. The molecule has 2 rings (SSSR count). The summed E-state index contributed by atoms with van der Waals surface area (Å²) in [6, 6.07) is 6.97. The fourth-order valence-electron chi connectivity index (χ4n) is 3.34. The molecule has 1 aromatic carbocycles. The number of ether oxygens (including phenoxy) is 1. The van der Waals surface area contributed by atoms with Crippen molar-refractivity contribution < 1.29 is 19.4 Å². The first-order valence-corrected chi connectivity index (χ1v) is 8.65. The lowest BCUT2D eigenvalue weighted by Gasteiger charge is -2.28. The van der Waals surface area contributed by atoms with Crippen molar-refractivity contribution in [1.29, 1.82) is 0 Å². The quantitative estimate of drug-likeness (QED) is 0.803. The maximum absolute atomic E-state index is 12.2. The van der Waals surface area contributed by atoms with Crippen LogP contribution in [0.25, 0.3) is 0 Å². The van der Waals surface area contributed by atoms with E-state index < -0.39 is 12.0 Å². The minimum Gasteiger partial charge on any atom is -0.481 e. The fraction of sp³-hybridized carbons (Fsp3) is 0.579. The highest BCUT2D eigenvalue weighted by molar-refractivity contribution is 5.79. The molecule has 24 heavy (non-hydrogen) atoms. The van der Waals surface area contributed by atoms with Crippen LogP contribution in [0.1, 0.15) is 56.2 Å². The van der Waals surface area contributed by atoms with Crippen molar-refractivity contribution in [2.45, 2.75) is 58.1 Å². The van der Waals surface area contributed by atoms with Crippen LogP contribution in [-0.2, 0) is 14.3 Å². The van der Waals surface area contributed by atoms with E-state index in [9.17, 15) is 9.59 Å². The van der Waals surface area contributed by atoms with Gasteiger partial charge in [0.15, 0.2) is 0 Å². The third-order valence-corrected chi connectivity index (χ3v) is 4.74. The summed E-state index contributed by atoms with van der Waals surface area (Å²) in [5.74, 6) is -0.731. The van der Waals surface area contributed by atoms with Crippen LogP contribution < -0.4 is 5.32 Å². The van der Waals surface area contributed by atoms with Gasteiger partial charge in [0.25, 0.3) is 0 Å². The van der Waals surface area contributed by atoms with Crippen LogP contribution in [0.2, 0.25) is 0 Å². The number of nitrogens with one attached hydrogen (secondary N) is 1. The van der Waals surface area contributed by atoms with E-state index in [4.69, 9.17) is 9.84 Å². The average Bonchev–Trinajstić information content (AvgIpc) is 2.53. The van der Waals surface area contributed by atoms with Crippen molar-refractivity contribution in [1.82, 2.24) is 5.32 Å². The first-order chi connectivity index (χ1) is 11.5. The Hall–Kier alpha value is -1.88. The van der Waals surface area contributed by atoms with E-state index in [-0.39, 0.29) is 25.0 Å². The summed E-state index contributed by atoms with van der Waals surface area (Å²) >= 11 is 0. The third-order valence-electron chi connectivity index (χ3n) is 4.74. The second kappa shape index (κ2) is 8.83. The highest BCUT2D eigenvalue weighted by Crippen LogP contribution is 2.26. The van der Waals surface area contributed by atoms with Crippen molar-refractivity contribution in [3.8, 4) is 0 Å². The molecule has 0 heterocycles. The second-order valence-electron chi connectivity index (χ2n) is 6.69. The lowest BCUT2D eigenvalue weighted by atomic mass is 9.88. The van der Waals surface area contributed by atoms with Crippen LogP contribution in [0.5, 0.6) is 0 Å². The van der Waals surface area contributed by atoms with Gasteiger partial charge in [0.05, 0.1) is 18.6 Å². The second-order valence-corrected chi connectivity index (χ2v) is 6.69. The number of amides is 1. The summed E-state index contributed by atoms with van der Waals surface area (Å²) in [4.78, 5) is 23.4. The summed E-state index contributed by atoms with van der Waals surface area (Å²) in [6.07, 6.45) is 4.47. The van der Waals surface area contributed by atoms with Gasteiger partial charge in [-0.2, -0.15) is 0 Å². The standard InChI is InChI=1S/C19H27NO4/c1-13-7-3-5-9-15(13)16(11-19(22)23)20-18(21)12-24-17-10-6-4-8-14(17)2/h3,5,7,9,14,16-17H,4,6,8,10-12H2,1-2H3,(H,20,21)(H,22,23). The SMILES string of the molecule is Cc1ccccc1C(CC(=O)O)NC(=O)COC1CCCCC1C. The molecule has 0 aromatic heterocycles. The normalized spacial score (nSPS) is 21.9. The molecule has 0 bridgehead atoms. The van der Waals surface area contributed by atoms with Crippen LogP contribution in [-0.4, -0.2) is 29.7 Å². The molecule has 0 radical (unpaired) electrons. The van der Waals surface area contributed by atoms with Crippen molar-refractivity contribution in [2.24, 2.45) is 5.92 Å². The zero-order valence-electron chi connectivity index (χ0n) is 14.5. The van der Waals surface area contributed by atoms with E-state index in [1.165, 1.54) is 6.42 Å². The van der Waals surface area contributed by atoms with Crippen molar-refractivity contribution in [3.05, 3.63) is 35.4 Å². The first kappa shape index (κ1) is 18.5. The number of benzene rings is 1. The Labute approximate surface area is 143 Å². The monoisotopic (exact) mass is 333 g/mol. The molecule has 132 valence electrons. The molecular weight excluding hydrogens is 306 g/mol. The van der Waals surface area contributed by atoms with E-state index in [1.54, 1.807) is 0 Å². The van der Waals surface area contributed by atoms with Crippen molar-refractivity contribution in [2.75, 3.05) is 6.61 Å². The van der Waals surface area contributed by atoms with E-state index in [0.717, 1.165) is 30.4 Å². The van der Waals surface area contributed by atoms with Gasteiger partial charge in [-0.05, 0) is 36.8 Å². The van der Waals surface area contributed by atoms with E-state index in [2.05, 4.69) is 12.2 Å². The summed E-state index contributed by atoms with van der Waals surface area (Å²) < 4.78 is 5.77. The van der Waals surface area contributed by atoms with Crippen LogP contribution in [0.3, 0.4) is 0 Å². The number of rotatable bonds is 7. The largest absolute Gasteiger partial charge is 0.481 e. The minimum atomic E-state index is -0.939. The van der Waals surface area contributed by atoms with E-state index in [0.29, 0.717) is 5.92 Å². The maximum Gasteiger partial charge on any atom is 0.305 e. The van der Waals surface area contributed by atoms with Crippen LogP contribution in [0.4, 0.5) is 0 Å². The van der Waals surface area contributed by atoms with Gasteiger partial charge in [-0.25, -0.2) is 0 Å². The molecule has 1 aliphatic carbocycles. The molecule has 5 heteroatoms. The molecular formula is C19H27NO4. The molecule has 1 aliphatic rings. The number of carbonyl (C=O) groups is 2. The van der Waals surface area contributed by atoms with Gasteiger partial charge in [-0.1, -0.05) is 44.0 Å². The molecule has 1 amide bonds. The van der Waals surface area contributed by atoms with Crippen molar-refractivity contribution in [3.63, 3.8) is 0 Å². The number of carboxylic acids is 1. The number of carboxylic acid groups (broad SMARTS) is 1. The highest BCUT2D eigenvalue weighted by Gasteiger charge is 2.24. The predicted molar refractivity (Wildman–Crippen MR) is 91.7 cm³/mol. The smallest absolute Gasteiger partial charge is 0.305 e. The summed E-state index contributed by atoms with van der Waals surface area (Å²) in [5.41, 5.74) is 1.80. The first-order valence-electron chi connectivity index (χ1n) is 8.65. The Morgan fingerprint density at radius 2 is 2.00 bits per heavy atom. The summed E-state index contributed by atoms with van der Waals surface area (Å²) in [5, 5.41) is 12.0. The van der Waals surface area contributed by atoms with Crippen LogP contribution in [0.15, 0.2) is 24.3 Å². The van der Waals surface area contributed by atoms with Crippen LogP contribution in [0, 0.1) is 12.8 Å². The molecule has 3 atom stereocenters. The van der Waals surface area contributed by atoms with Gasteiger partial charge >= 0.3 is 5.97 Å². The Balaban J connectivity index is 1.94. The zero-order valence-corrected chi connectivity index (χ0v) is 14.5. The predicted octanol–water partition coefficient (Wildman–Crippen LogP) is 3.22. The topological polar surface area (TPSA) is 75.6 Å². The van der Waals surface area contributed by atoms with E-state index >= 15 is 0 Å². The molecule has 2 N–H and O–H groups in total. The Morgan fingerprint density at radius 1 is 1.29 bits per heavy atom. The average molecular weight is 333 g/mol. The number of hydrogen-bond donors (Lipinski definition) is 2. The molecule has 1 fully saturated rings. The maximum atomic E-state index is 12.2. The van der Waals surface area contributed by atoms with Gasteiger partial charge in [0.2, 0.25) is 5.91 Å². The van der Waals surface area contributed by atoms with Crippen molar-refractivity contribution >= 4 is 11.9 Å². The summed E-state index contributed by atoms with van der Waals surface area (Å²) in [7, 11) is 0. The Kier molecular flexibility index (Phi) is 6.79. The van der Waals surface area contributed by atoms with Gasteiger partial charge in [-0.15, -0.1) is 0 Å². The van der Waals surface area contributed by atoms with Gasteiger partial charge < -0.3 is 15.2 Å². The summed E-state index contributed by atoms with van der Waals surface area (Å²) in [6.45, 7) is 4.05. The number of hydrogen-bond acceptors (Lipinski definition) is 3. The Morgan fingerprint density at radius 3 is 2.67 bits per heavy atom. The lowest BCUT2D eigenvalue weighted by Crippen LogP contribution is -2.36. The van der Waals surface area contributed by atoms with Gasteiger partial charge in [-0.3, -0.25) is 9.59 Å². The number of carbonyl (C=O) groups excluding carboxylic acids is 1. The highest BCUT2D eigenvalue weighted by atomic mass is 16.5. The molecule has 0 aliphatic heterocycles. The Bertz CT molecular complexity index is 572. The van der Waals surface area contributed by atoms with Crippen LogP contribution >= 0.6 is 0 Å². The molecule has 5 nitrogen and oxygen atoms in total. The van der Waals surface area contributed by atoms with Gasteiger partial charge in [0, 0.05) is 0 Å². The molecule has 1 aromatic rings. The molecule has 1 saturated carbocycles. The van der Waals surface area contributed by atoms with E-state index in [1.807, 2.05) is 31.2 Å². The molecule has 0 spiro atoms. The fourth-order valence-corrected chi connectivity index (χ4v) is 3.34. The lowest BCUT2D eigenvalue weighted by molar-refractivity contribution is -0.138. The molecule has 0 saturated heterocycles.